The smallest absolute Gasteiger partial charge is 0.0797 e. The molecule has 1 aromatic rings. The van der Waals surface area contributed by atoms with Crippen molar-refractivity contribution in [1.29, 1.82) is 0 Å². The molecule has 0 aliphatic heterocycles. The summed E-state index contributed by atoms with van der Waals surface area (Å²) in [5.74, 6) is 1.46. The fraction of sp³-hybridized carbons (Fsp3) is 0.571. The maximum absolute atomic E-state index is 10.3. The number of nitrogens with two attached hydrogens (primary N) is 1. The lowest BCUT2D eigenvalue weighted by atomic mass is 9.89. The summed E-state index contributed by atoms with van der Waals surface area (Å²) in [6, 6.07) is 10.4. The maximum atomic E-state index is 10.3. The third kappa shape index (κ3) is 3.24. The van der Waals surface area contributed by atoms with E-state index in [1.807, 2.05) is 17.8 Å². The van der Waals surface area contributed by atoms with E-state index in [1.165, 1.54) is 4.90 Å². The molecule has 2 nitrogen and oxygen atoms in total. The number of benzene rings is 1. The summed E-state index contributed by atoms with van der Waals surface area (Å²) >= 11 is 1.87. The van der Waals surface area contributed by atoms with Gasteiger partial charge in [-0.1, -0.05) is 24.6 Å². The Hall–Kier alpha value is -0.510. The van der Waals surface area contributed by atoms with E-state index in [0.717, 1.165) is 31.4 Å². The van der Waals surface area contributed by atoms with Gasteiger partial charge in [-0.25, -0.2) is 0 Å². The molecule has 2 unspecified atom stereocenters. The van der Waals surface area contributed by atoms with Gasteiger partial charge in [-0.05, 0) is 43.1 Å². The molecule has 0 aromatic heterocycles. The van der Waals surface area contributed by atoms with Crippen LogP contribution in [0.2, 0.25) is 0 Å². The fourth-order valence-electron chi connectivity index (χ4n) is 2.64. The summed E-state index contributed by atoms with van der Waals surface area (Å²) in [5, 5.41) is 10.3. The topological polar surface area (TPSA) is 46.2 Å². The first-order valence-corrected chi connectivity index (χ1v) is 7.33. The van der Waals surface area contributed by atoms with Gasteiger partial charge in [-0.3, -0.25) is 0 Å². The van der Waals surface area contributed by atoms with E-state index in [0.29, 0.717) is 12.5 Å². The third-order valence-corrected chi connectivity index (χ3v) is 4.80. The van der Waals surface area contributed by atoms with E-state index in [1.54, 1.807) is 0 Å². The summed E-state index contributed by atoms with van der Waals surface area (Å²) < 4.78 is 0. The molecule has 2 rings (SSSR count). The highest BCUT2D eigenvalue weighted by atomic mass is 32.2. The molecule has 0 heterocycles. The Morgan fingerprint density at radius 2 is 2.12 bits per heavy atom. The van der Waals surface area contributed by atoms with Crippen molar-refractivity contribution >= 4 is 11.8 Å². The molecule has 0 radical (unpaired) electrons. The quantitative estimate of drug-likeness (QED) is 0.791. The largest absolute Gasteiger partial charge is 0.388 e. The molecule has 0 spiro atoms. The van der Waals surface area contributed by atoms with E-state index in [2.05, 4.69) is 24.3 Å². The van der Waals surface area contributed by atoms with Crippen molar-refractivity contribution in [3.05, 3.63) is 30.3 Å². The first-order chi connectivity index (χ1) is 8.24. The minimum atomic E-state index is -0.586. The molecule has 17 heavy (non-hydrogen) atoms. The van der Waals surface area contributed by atoms with Gasteiger partial charge in [0, 0.05) is 11.4 Å². The molecule has 1 aromatic carbocycles. The van der Waals surface area contributed by atoms with Crippen molar-refractivity contribution in [2.45, 2.75) is 36.2 Å². The van der Waals surface area contributed by atoms with Crippen molar-refractivity contribution in [1.82, 2.24) is 0 Å². The van der Waals surface area contributed by atoms with Crippen LogP contribution < -0.4 is 5.73 Å². The van der Waals surface area contributed by atoms with Crippen LogP contribution in [0.4, 0.5) is 0 Å². The molecule has 1 saturated carbocycles. The molecule has 2 atom stereocenters. The van der Waals surface area contributed by atoms with Gasteiger partial charge in [-0.2, -0.15) is 0 Å². The number of hydrogen-bond donors (Lipinski definition) is 2. The van der Waals surface area contributed by atoms with E-state index in [9.17, 15) is 5.11 Å². The Kier molecular flexibility index (Phi) is 4.48. The van der Waals surface area contributed by atoms with E-state index in [-0.39, 0.29) is 0 Å². The SMILES string of the molecule is NCC1(O)CCCC1CCSc1ccccc1. The van der Waals surface area contributed by atoms with Crippen LogP contribution in [-0.2, 0) is 0 Å². The predicted octanol–water partition coefficient (Wildman–Crippen LogP) is 2.66. The average molecular weight is 251 g/mol. The molecular weight excluding hydrogens is 230 g/mol. The van der Waals surface area contributed by atoms with E-state index in [4.69, 9.17) is 5.73 Å². The Bertz CT molecular complexity index is 343. The molecule has 3 heteroatoms. The lowest BCUT2D eigenvalue weighted by Gasteiger charge is -2.28. The van der Waals surface area contributed by atoms with Crippen LogP contribution in [-0.4, -0.2) is 23.0 Å². The van der Waals surface area contributed by atoms with E-state index >= 15 is 0 Å². The Morgan fingerprint density at radius 1 is 1.35 bits per heavy atom. The number of aliphatic hydroxyl groups is 1. The second kappa shape index (κ2) is 5.89. The van der Waals surface area contributed by atoms with Gasteiger partial charge in [0.1, 0.15) is 0 Å². The highest BCUT2D eigenvalue weighted by Crippen LogP contribution is 2.38. The lowest BCUT2D eigenvalue weighted by molar-refractivity contribution is 0.0104. The summed E-state index contributed by atoms with van der Waals surface area (Å²) in [4.78, 5) is 1.31. The third-order valence-electron chi connectivity index (χ3n) is 3.75. The molecule has 94 valence electrons. The van der Waals surface area contributed by atoms with Crippen molar-refractivity contribution in [2.75, 3.05) is 12.3 Å². The monoisotopic (exact) mass is 251 g/mol. The summed E-state index contributed by atoms with van der Waals surface area (Å²) in [5.41, 5.74) is 5.10. The summed E-state index contributed by atoms with van der Waals surface area (Å²) in [6.07, 6.45) is 4.19. The van der Waals surface area contributed by atoms with Crippen LogP contribution in [0.25, 0.3) is 0 Å². The highest BCUT2D eigenvalue weighted by molar-refractivity contribution is 7.99. The molecule has 1 aliphatic carbocycles. The number of thioether (sulfide) groups is 1. The molecule has 0 amide bonds. The lowest BCUT2D eigenvalue weighted by Crippen LogP contribution is -2.41. The molecule has 1 aliphatic rings. The molecule has 0 bridgehead atoms. The summed E-state index contributed by atoms with van der Waals surface area (Å²) in [7, 11) is 0. The Morgan fingerprint density at radius 3 is 2.82 bits per heavy atom. The van der Waals surface area contributed by atoms with Crippen molar-refractivity contribution < 1.29 is 5.11 Å². The average Bonchev–Trinajstić information content (AvgIpc) is 2.73. The van der Waals surface area contributed by atoms with Gasteiger partial charge >= 0.3 is 0 Å². The zero-order valence-corrected chi connectivity index (χ0v) is 11.0. The standard InChI is InChI=1S/C14H21NOS/c15-11-14(16)9-4-5-12(14)8-10-17-13-6-2-1-3-7-13/h1-3,6-7,12,16H,4-5,8-11,15H2. The van der Waals surface area contributed by atoms with Crippen LogP contribution >= 0.6 is 11.8 Å². The number of hydrogen-bond acceptors (Lipinski definition) is 3. The van der Waals surface area contributed by atoms with Gasteiger partial charge < -0.3 is 10.8 Å². The fourth-order valence-corrected chi connectivity index (χ4v) is 3.63. The highest BCUT2D eigenvalue weighted by Gasteiger charge is 2.39. The Balaban J connectivity index is 1.79. The zero-order chi connectivity index (χ0) is 12.1. The van der Waals surface area contributed by atoms with Gasteiger partial charge in [0.2, 0.25) is 0 Å². The molecule has 1 fully saturated rings. The predicted molar refractivity (Wildman–Crippen MR) is 73.1 cm³/mol. The Labute approximate surface area is 108 Å². The van der Waals surface area contributed by atoms with Crippen LogP contribution in [0.15, 0.2) is 35.2 Å². The first kappa shape index (κ1) is 12.9. The first-order valence-electron chi connectivity index (χ1n) is 6.35. The second-order valence-corrected chi connectivity index (χ2v) is 6.02. The maximum Gasteiger partial charge on any atom is 0.0797 e. The van der Waals surface area contributed by atoms with Crippen LogP contribution in [0, 0.1) is 5.92 Å². The van der Waals surface area contributed by atoms with Crippen LogP contribution in [0.3, 0.4) is 0 Å². The molecular formula is C14H21NOS. The van der Waals surface area contributed by atoms with Crippen LogP contribution in [0.1, 0.15) is 25.7 Å². The second-order valence-electron chi connectivity index (χ2n) is 4.85. The van der Waals surface area contributed by atoms with Gasteiger partial charge in [0.15, 0.2) is 0 Å². The van der Waals surface area contributed by atoms with Gasteiger partial charge in [0.05, 0.1) is 5.60 Å². The minimum absolute atomic E-state index is 0.392. The number of rotatable bonds is 5. The van der Waals surface area contributed by atoms with Crippen molar-refractivity contribution in [3.63, 3.8) is 0 Å². The zero-order valence-electron chi connectivity index (χ0n) is 10.1. The summed E-state index contributed by atoms with van der Waals surface area (Å²) in [6.45, 7) is 0.410. The van der Waals surface area contributed by atoms with Crippen molar-refractivity contribution in [2.24, 2.45) is 11.7 Å². The van der Waals surface area contributed by atoms with Crippen molar-refractivity contribution in [3.8, 4) is 0 Å². The van der Waals surface area contributed by atoms with Gasteiger partial charge in [-0.15, -0.1) is 11.8 Å². The minimum Gasteiger partial charge on any atom is -0.388 e. The van der Waals surface area contributed by atoms with Crippen LogP contribution in [0.5, 0.6) is 0 Å². The normalized spacial score (nSPS) is 28.5. The molecule has 0 saturated heterocycles. The molecule has 3 N–H and O–H groups in total. The van der Waals surface area contributed by atoms with Gasteiger partial charge in [0.25, 0.3) is 0 Å². The van der Waals surface area contributed by atoms with E-state index < -0.39 is 5.60 Å².